The SMILES string of the molecule is COCCCN1C(=O)c2[nH]nc(-c3cc(Cl)c(C)cc3O)c2C1c1ccc(O)c(OC)c1. The molecule has 168 valence electrons. The maximum atomic E-state index is 13.3. The molecule has 32 heavy (non-hydrogen) atoms. The number of rotatable bonds is 7. The van der Waals surface area contributed by atoms with Gasteiger partial charge in [0.05, 0.1) is 13.2 Å². The van der Waals surface area contributed by atoms with Crippen molar-refractivity contribution >= 4 is 17.5 Å². The number of methoxy groups -OCH3 is 2. The number of aromatic nitrogens is 2. The number of nitrogens with zero attached hydrogens (tertiary/aromatic N) is 2. The second kappa shape index (κ2) is 8.72. The van der Waals surface area contributed by atoms with Gasteiger partial charge in [0.1, 0.15) is 17.1 Å². The highest BCUT2D eigenvalue weighted by Gasteiger charge is 2.42. The molecular weight excluding hydrogens is 434 g/mol. The number of hydrogen-bond acceptors (Lipinski definition) is 6. The Bertz CT molecular complexity index is 1180. The van der Waals surface area contributed by atoms with Crippen LogP contribution in [0.25, 0.3) is 11.3 Å². The summed E-state index contributed by atoms with van der Waals surface area (Å²) in [6, 6.07) is 7.69. The van der Waals surface area contributed by atoms with Crippen LogP contribution in [0.15, 0.2) is 30.3 Å². The van der Waals surface area contributed by atoms with Crippen LogP contribution in [0.2, 0.25) is 5.02 Å². The minimum absolute atomic E-state index is 0.00195. The maximum absolute atomic E-state index is 13.3. The average Bonchev–Trinajstić information content (AvgIpc) is 3.31. The Morgan fingerprint density at radius 3 is 2.69 bits per heavy atom. The number of nitrogens with one attached hydrogen (secondary N) is 1. The molecule has 3 N–H and O–H groups in total. The zero-order chi connectivity index (χ0) is 23.0. The Balaban J connectivity index is 1.88. The van der Waals surface area contributed by atoms with Gasteiger partial charge in [-0.05, 0) is 48.7 Å². The number of fused-ring (bicyclic) bond motifs is 1. The van der Waals surface area contributed by atoms with Gasteiger partial charge in [-0.2, -0.15) is 5.10 Å². The van der Waals surface area contributed by atoms with Crippen molar-refractivity contribution in [1.82, 2.24) is 15.1 Å². The predicted molar refractivity (Wildman–Crippen MR) is 119 cm³/mol. The molecule has 0 radical (unpaired) electrons. The highest BCUT2D eigenvalue weighted by molar-refractivity contribution is 6.31. The number of carbonyl (C=O) groups is 1. The van der Waals surface area contributed by atoms with E-state index in [0.29, 0.717) is 52.9 Å². The van der Waals surface area contributed by atoms with Gasteiger partial charge >= 0.3 is 0 Å². The molecule has 0 aliphatic carbocycles. The van der Waals surface area contributed by atoms with Crippen LogP contribution in [-0.4, -0.2) is 58.6 Å². The van der Waals surface area contributed by atoms with Gasteiger partial charge in [-0.25, -0.2) is 0 Å². The first-order valence-electron chi connectivity index (χ1n) is 10.1. The third-order valence-corrected chi connectivity index (χ3v) is 6.07. The van der Waals surface area contributed by atoms with E-state index >= 15 is 0 Å². The number of H-pyrrole nitrogens is 1. The van der Waals surface area contributed by atoms with E-state index in [2.05, 4.69) is 10.2 Å². The number of carbonyl (C=O) groups excluding carboxylic acids is 1. The van der Waals surface area contributed by atoms with Gasteiger partial charge in [-0.3, -0.25) is 9.89 Å². The fourth-order valence-electron chi connectivity index (χ4n) is 4.08. The van der Waals surface area contributed by atoms with Gasteiger partial charge in [-0.1, -0.05) is 17.7 Å². The summed E-state index contributed by atoms with van der Waals surface area (Å²) in [4.78, 5) is 15.0. The van der Waals surface area contributed by atoms with Crippen molar-refractivity contribution < 1.29 is 24.5 Å². The molecular formula is C23H24ClN3O5. The molecule has 3 aromatic rings. The quantitative estimate of drug-likeness (QED) is 0.462. The number of aryl methyl sites for hydroxylation is 1. The topological polar surface area (TPSA) is 108 Å². The summed E-state index contributed by atoms with van der Waals surface area (Å²) in [7, 11) is 3.08. The Morgan fingerprint density at radius 2 is 1.97 bits per heavy atom. The number of benzene rings is 2. The van der Waals surface area contributed by atoms with E-state index in [1.165, 1.54) is 13.2 Å². The van der Waals surface area contributed by atoms with Crippen LogP contribution in [0.4, 0.5) is 0 Å². The number of halogens is 1. The maximum Gasteiger partial charge on any atom is 0.273 e. The van der Waals surface area contributed by atoms with Crippen molar-refractivity contribution in [3.05, 3.63) is 57.7 Å². The first-order chi connectivity index (χ1) is 15.4. The van der Waals surface area contributed by atoms with Crippen LogP contribution < -0.4 is 4.74 Å². The van der Waals surface area contributed by atoms with E-state index in [1.54, 1.807) is 43.2 Å². The monoisotopic (exact) mass is 457 g/mol. The van der Waals surface area contributed by atoms with Gasteiger partial charge in [0.25, 0.3) is 5.91 Å². The molecule has 8 nitrogen and oxygen atoms in total. The number of amides is 1. The van der Waals surface area contributed by atoms with Crippen molar-refractivity contribution in [3.8, 4) is 28.5 Å². The summed E-state index contributed by atoms with van der Waals surface area (Å²) >= 11 is 6.32. The van der Waals surface area contributed by atoms with Gasteiger partial charge in [0.15, 0.2) is 11.5 Å². The van der Waals surface area contributed by atoms with Gasteiger partial charge < -0.3 is 24.6 Å². The van der Waals surface area contributed by atoms with E-state index in [0.717, 1.165) is 11.1 Å². The lowest BCUT2D eigenvalue weighted by molar-refractivity contribution is 0.0723. The van der Waals surface area contributed by atoms with Gasteiger partial charge in [0.2, 0.25) is 0 Å². The normalized spacial score (nSPS) is 15.3. The fraction of sp³-hybridized carbons (Fsp3) is 0.304. The summed E-state index contributed by atoms with van der Waals surface area (Å²) in [5.74, 6) is 0.117. The molecule has 1 aliphatic heterocycles. The van der Waals surface area contributed by atoms with E-state index < -0.39 is 6.04 Å². The largest absolute Gasteiger partial charge is 0.507 e. The van der Waals surface area contributed by atoms with Crippen molar-refractivity contribution in [1.29, 1.82) is 0 Å². The van der Waals surface area contributed by atoms with Crippen LogP contribution in [0.5, 0.6) is 17.2 Å². The molecule has 1 aliphatic rings. The summed E-state index contributed by atoms with van der Waals surface area (Å²) in [6.45, 7) is 2.75. The zero-order valence-corrected chi connectivity index (χ0v) is 18.7. The van der Waals surface area contributed by atoms with Crippen molar-refractivity contribution in [2.75, 3.05) is 27.4 Å². The Morgan fingerprint density at radius 1 is 1.19 bits per heavy atom. The van der Waals surface area contributed by atoms with Crippen LogP contribution in [0.1, 0.15) is 39.6 Å². The Kier molecular flexibility index (Phi) is 5.99. The molecule has 0 saturated carbocycles. The molecule has 0 bridgehead atoms. The summed E-state index contributed by atoms with van der Waals surface area (Å²) in [5.41, 5.74) is 3.34. The minimum atomic E-state index is -0.503. The lowest BCUT2D eigenvalue weighted by Crippen LogP contribution is -2.31. The molecule has 2 heterocycles. The first kappa shape index (κ1) is 22.0. The summed E-state index contributed by atoms with van der Waals surface area (Å²) < 4.78 is 10.4. The molecule has 1 atom stereocenters. The molecule has 9 heteroatoms. The van der Waals surface area contributed by atoms with Gasteiger partial charge in [0, 0.05) is 36.4 Å². The number of ether oxygens (including phenoxy) is 2. The van der Waals surface area contributed by atoms with E-state index in [4.69, 9.17) is 21.1 Å². The number of aromatic hydroxyl groups is 2. The highest BCUT2D eigenvalue weighted by Crippen LogP contribution is 2.46. The standard InChI is InChI=1S/C23H24ClN3O5/c1-12-9-17(29)14(11-15(12)24)20-19-21(26-25-20)23(30)27(7-4-8-31-2)22(19)13-5-6-16(28)18(10-13)32-3/h5-6,9-11,22,28-29H,4,7-8H2,1-3H3,(H,25,26). The number of aromatic amines is 1. The smallest absolute Gasteiger partial charge is 0.273 e. The second-order valence-electron chi connectivity index (χ2n) is 7.66. The van der Waals surface area contributed by atoms with Crippen LogP contribution in [0, 0.1) is 6.92 Å². The Hall–Kier alpha value is -3.23. The molecule has 1 aromatic heterocycles. The molecule has 1 unspecified atom stereocenters. The first-order valence-corrected chi connectivity index (χ1v) is 10.5. The van der Waals surface area contributed by atoms with Crippen molar-refractivity contribution in [2.45, 2.75) is 19.4 Å². The summed E-state index contributed by atoms with van der Waals surface area (Å²) in [6.07, 6.45) is 0.641. The fourth-order valence-corrected chi connectivity index (χ4v) is 4.24. The third-order valence-electron chi connectivity index (χ3n) is 5.66. The summed E-state index contributed by atoms with van der Waals surface area (Å²) in [5, 5.41) is 28.4. The van der Waals surface area contributed by atoms with Crippen LogP contribution in [0.3, 0.4) is 0 Å². The van der Waals surface area contributed by atoms with E-state index in [-0.39, 0.29) is 17.4 Å². The lowest BCUT2D eigenvalue weighted by Gasteiger charge is -2.27. The van der Waals surface area contributed by atoms with E-state index in [9.17, 15) is 15.0 Å². The van der Waals surface area contributed by atoms with Crippen molar-refractivity contribution in [3.63, 3.8) is 0 Å². The molecule has 4 rings (SSSR count). The van der Waals surface area contributed by atoms with Crippen LogP contribution in [-0.2, 0) is 4.74 Å². The van der Waals surface area contributed by atoms with Crippen LogP contribution >= 0.6 is 11.6 Å². The highest BCUT2D eigenvalue weighted by atomic mass is 35.5. The number of phenolic OH excluding ortho intramolecular Hbond substituents is 2. The predicted octanol–water partition coefficient (Wildman–Crippen LogP) is 4.04. The Labute approximate surface area is 190 Å². The van der Waals surface area contributed by atoms with E-state index in [1.807, 2.05) is 0 Å². The minimum Gasteiger partial charge on any atom is -0.507 e. The van der Waals surface area contributed by atoms with Gasteiger partial charge in [-0.15, -0.1) is 0 Å². The molecule has 2 aromatic carbocycles. The zero-order valence-electron chi connectivity index (χ0n) is 18.0. The third kappa shape index (κ3) is 3.65. The molecule has 0 fully saturated rings. The average molecular weight is 458 g/mol. The number of hydrogen-bond donors (Lipinski definition) is 3. The lowest BCUT2D eigenvalue weighted by atomic mass is 9.95. The molecule has 1 amide bonds. The number of phenols is 2. The second-order valence-corrected chi connectivity index (χ2v) is 8.07. The molecule has 0 saturated heterocycles. The molecule has 0 spiro atoms. The van der Waals surface area contributed by atoms with Crippen molar-refractivity contribution in [2.24, 2.45) is 0 Å².